The molecule has 2 atom stereocenters. The van der Waals surface area contributed by atoms with Crippen molar-refractivity contribution in [2.24, 2.45) is 11.8 Å². The highest BCUT2D eigenvalue weighted by atomic mass is 16.2. The molecule has 1 saturated heterocycles. The molecule has 1 aliphatic heterocycles. The van der Waals surface area contributed by atoms with Crippen LogP contribution in [-0.4, -0.2) is 74.3 Å². The van der Waals surface area contributed by atoms with Crippen LogP contribution in [0.2, 0.25) is 0 Å². The number of nitrogens with zero attached hydrogens (tertiary/aromatic N) is 5. The average molecular weight is 469 g/mol. The second-order valence-electron chi connectivity index (χ2n) is 9.69. The molecule has 2 fully saturated rings. The van der Waals surface area contributed by atoms with Gasteiger partial charge in [0.1, 0.15) is 11.9 Å². The molecular formula is C25H36N6O3. The maximum atomic E-state index is 13.5. The predicted molar refractivity (Wildman–Crippen MR) is 128 cm³/mol. The number of aryl methyl sites for hydroxylation is 1. The highest BCUT2D eigenvalue weighted by Crippen LogP contribution is 2.28. The zero-order valence-electron chi connectivity index (χ0n) is 20.5. The van der Waals surface area contributed by atoms with E-state index in [1.165, 1.54) is 6.42 Å². The van der Waals surface area contributed by atoms with Crippen LogP contribution in [0.25, 0.3) is 5.65 Å². The molecule has 3 heterocycles. The minimum atomic E-state index is -0.470. The van der Waals surface area contributed by atoms with Gasteiger partial charge in [0, 0.05) is 38.3 Å². The number of nitrogens with one attached hydrogen (secondary N) is 1. The number of hydrogen-bond acceptors (Lipinski definition) is 5. The highest BCUT2D eigenvalue weighted by molar-refractivity contribution is 5.94. The van der Waals surface area contributed by atoms with Gasteiger partial charge in [0.2, 0.25) is 11.8 Å². The summed E-state index contributed by atoms with van der Waals surface area (Å²) in [5.41, 5.74) is 1.26. The summed E-state index contributed by atoms with van der Waals surface area (Å²) in [6, 6.07) is 3.09. The fourth-order valence-corrected chi connectivity index (χ4v) is 4.96. The van der Waals surface area contributed by atoms with E-state index in [0.717, 1.165) is 32.1 Å². The van der Waals surface area contributed by atoms with Gasteiger partial charge in [-0.25, -0.2) is 9.50 Å². The summed E-state index contributed by atoms with van der Waals surface area (Å²) in [7, 11) is 0. The van der Waals surface area contributed by atoms with Crippen LogP contribution in [0.5, 0.6) is 0 Å². The molecule has 2 aromatic rings. The van der Waals surface area contributed by atoms with Crippen molar-refractivity contribution in [2.75, 3.05) is 26.2 Å². The van der Waals surface area contributed by atoms with Crippen LogP contribution in [0.4, 0.5) is 0 Å². The van der Waals surface area contributed by atoms with Crippen LogP contribution in [0, 0.1) is 18.8 Å². The quantitative estimate of drug-likeness (QED) is 0.702. The molecule has 3 amide bonds. The van der Waals surface area contributed by atoms with E-state index in [-0.39, 0.29) is 29.6 Å². The van der Waals surface area contributed by atoms with Crippen molar-refractivity contribution in [3.63, 3.8) is 0 Å². The normalized spacial score (nSPS) is 19.1. The number of hydrogen-bond donors (Lipinski definition) is 1. The molecule has 0 aromatic carbocycles. The molecule has 9 heteroatoms. The molecular weight excluding hydrogens is 432 g/mol. The van der Waals surface area contributed by atoms with Crippen molar-refractivity contribution < 1.29 is 14.4 Å². The number of amides is 3. The average Bonchev–Trinajstić information content (AvgIpc) is 3.25. The lowest BCUT2D eigenvalue weighted by atomic mass is 9.83. The van der Waals surface area contributed by atoms with Crippen molar-refractivity contribution in [1.29, 1.82) is 0 Å². The van der Waals surface area contributed by atoms with Gasteiger partial charge in [0.05, 0.1) is 5.56 Å². The van der Waals surface area contributed by atoms with Crippen LogP contribution >= 0.6 is 0 Å². The van der Waals surface area contributed by atoms with E-state index in [1.54, 1.807) is 27.7 Å². The first-order chi connectivity index (χ1) is 16.4. The second kappa shape index (κ2) is 10.5. The number of rotatable bonds is 6. The fraction of sp³-hybridized carbons (Fsp3) is 0.640. The number of aromatic nitrogens is 3. The molecule has 2 aromatic heterocycles. The summed E-state index contributed by atoms with van der Waals surface area (Å²) in [5.74, 6) is 0.612. The van der Waals surface area contributed by atoms with Gasteiger partial charge in [0.15, 0.2) is 5.65 Å². The van der Waals surface area contributed by atoms with E-state index in [0.29, 0.717) is 43.2 Å². The zero-order chi connectivity index (χ0) is 24.2. The number of fused-ring (bicyclic) bond motifs is 1. The molecule has 34 heavy (non-hydrogen) atoms. The number of pyridine rings is 1. The first-order valence-electron chi connectivity index (χ1n) is 12.6. The molecule has 0 bridgehead atoms. The third-order valence-electron chi connectivity index (χ3n) is 7.31. The second-order valence-corrected chi connectivity index (χ2v) is 9.69. The van der Waals surface area contributed by atoms with Crippen LogP contribution in [-0.2, 0) is 9.59 Å². The number of piperazine rings is 1. The molecule has 1 N–H and O–H groups in total. The molecule has 9 nitrogen and oxygen atoms in total. The fourth-order valence-electron chi connectivity index (χ4n) is 4.96. The summed E-state index contributed by atoms with van der Waals surface area (Å²) >= 11 is 0. The van der Waals surface area contributed by atoms with Crippen LogP contribution in [0.1, 0.15) is 68.6 Å². The van der Waals surface area contributed by atoms with Crippen molar-refractivity contribution in [1.82, 2.24) is 29.7 Å². The van der Waals surface area contributed by atoms with Gasteiger partial charge in [-0.15, -0.1) is 0 Å². The summed E-state index contributed by atoms with van der Waals surface area (Å²) in [6.07, 6.45) is 7.80. The summed E-state index contributed by atoms with van der Waals surface area (Å²) in [4.78, 5) is 47.2. The monoisotopic (exact) mass is 468 g/mol. The summed E-state index contributed by atoms with van der Waals surface area (Å²) < 4.78 is 1.62. The minimum absolute atomic E-state index is 0.00448. The molecule has 1 saturated carbocycles. The molecule has 184 valence electrons. The Morgan fingerprint density at radius 3 is 2.41 bits per heavy atom. The maximum Gasteiger partial charge on any atom is 0.255 e. The van der Waals surface area contributed by atoms with Crippen molar-refractivity contribution >= 4 is 23.4 Å². The van der Waals surface area contributed by atoms with Crippen LogP contribution in [0.15, 0.2) is 18.3 Å². The molecule has 1 aliphatic carbocycles. The van der Waals surface area contributed by atoms with E-state index in [4.69, 9.17) is 0 Å². The topological polar surface area (TPSA) is 99.9 Å². The van der Waals surface area contributed by atoms with Gasteiger partial charge in [-0.1, -0.05) is 33.1 Å². The summed E-state index contributed by atoms with van der Waals surface area (Å²) in [5, 5.41) is 7.38. The van der Waals surface area contributed by atoms with E-state index in [2.05, 4.69) is 15.4 Å². The van der Waals surface area contributed by atoms with Gasteiger partial charge in [-0.2, -0.15) is 5.10 Å². The van der Waals surface area contributed by atoms with Gasteiger partial charge in [0.25, 0.3) is 5.91 Å². The SMILES string of the molecule is CC[C@@H](C)C(=O)N[C@H](C(=O)N1CCN(C(=O)c2ccc3nc(C)nn3c2)CC1)C1CCCCC1. The Bertz CT molecular complexity index is 1040. The zero-order valence-corrected chi connectivity index (χ0v) is 20.5. The Kier molecular flexibility index (Phi) is 7.48. The lowest BCUT2D eigenvalue weighted by molar-refractivity contribution is -0.140. The van der Waals surface area contributed by atoms with Gasteiger partial charge in [-0.3, -0.25) is 14.4 Å². The van der Waals surface area contributed by atoms with Crippen LogP contribution < -0.4 is 5.32 Å². The van der Waals surface area contributed by atoms with E-state index in [9.17, 15) is 14.4 Å². The third kappa shape index (κ3) is 5.23. The standard InChI is InChI=1S/C25H36N6O3/c1-4-17(2)23(32)27-22(19-8-6-5-7-9-19)25(34)30-14-12-29(13-15-30)24(33)20-10-11-21-26-18(3)28-31(21)16-20/h10-11,16-17,19,22H,4-9,12-15H2,1-3H3,(H,27,32)/t17-,22+/m1/s1. The molecule has 2 aliphatic rings. The van der Waals surface area contributed by atoms with E-state index >= 15 is 0 Å². The number of carbonyl (C=O) groups is 3. The lowest BCUT2D eigenvalue weighted by Crippen LogP contribution is -2.58. The highest BCUT2D eigenvalue weighted by Gasteiger charge is 2.36. The largest absolute Gasteiger partial charge is 0.344 e. The van der Waals surface area contributed by atoms with Gasteiger partial charge >= 0.3 is 0 Å². The van der Waals surface area contributed by atoms with Gasteiger partial charge in [-0.05, 0) is 44.2 Å². The third-order valence-corrected chi connectivity index (χ3v) is 7.31. The van der Waals surface area contributed by atoms with Crippen molar-refractivity contribution in [3.05, 3.63) is 29.7 Å². The summed E-state index contributed by atoms with van der Waals surface area (Å²) in [6.45, 7) is 7.58. The van der Waals surface area contributed by atoms with E-state index < -0.39 is 6.04 Å². The lowest BCUT2D eigenvalue weighted by Gasteiger charge is -2.39. The molecule has 4 rings (SSSR count). The van der Waals surface area contributed by atoms with Gasteiger partial charge < -0.3 is 15.1 Å². The maximum absolute atomic E-state index is 13.5. The first kappa shape index (κ1) is 24.2. The van der Waals surface area contributed by atoms with Crippen LogP contribution in [0.3, 0.4) is 0 Å². The molecule has 0 spiro atoms. The predicted octanol–water partition coefficient (Wildman–Crippen LogP) is 2.43. The Labute approximate surface area is 200 Å². The Morgan fingerprint density at radius 2 is 1.74 bits per heavy atom. The Hall–Kier alpha value is -2.97. The minimum Gasteiger partial charge on any atom is -0.344 e. The van der Waals surface area contributed by atoms with Crippen molar-refractivity contribution in [3.8, 4) is 0 Å². The first-order valence-corrected chi connectivity index (χ1v) is 12.6. The molecule has 0 unspecified atom stereocenters. The Balaban J connectivity index is 1.40. The van der Waals surface area contributed by atoms with Crippen molar-refractivity contribution in [2.45, 2.75) is 65.3 Å². The smallest absolute Gasteiger partial charge is 0.255 e. The number of carbonyl (C=O) groups excluding carboxylic acids is 3. The molecule has 0 radical (unpaired) electrons. The van der Waals surface area contributed by atoms with E-state index in [1.807, 2.05) is 25.7 Å². The Morgan fingerprint density at radius 1 is 1.06 bits per heavy atom.